The molecule has 0 radical (unpaired) electrons. The fourth-order valence-electron chi connectivity index (χ4n) is 2.23. The predicted octanol–water partition coefficient (Wildman–Crippen LogP) is 3.35. The highest BCUT2D eigenvalue weighted by atomic mass is 32.1. The summed E-state index contributed by atoms with van der Waals surface area (Å²) in [6, 6.07) is 5.99. The Labute approximate surface area is 127 Å². The smallest absolute Gasteiger partial charge is 0.184 e. The van der Waals surface area contributed by atoms with Crippen molar-refractivity contribution >= 4 is 26.7 Å². The van der Waals surface area contributed by atoms with Crippen molar-refractivity contribution in [3.8, 4) is 5.75 Å². The Morgan fingerprint density at radius 3 is 2.95 bits per heavy atom. The lowest BCUT2D eigenvalue weighted by atomic mass is 10.3. The van der Waals surface area contributed by atoms with Crippen molar-refractivity contribution in [2.75, 3.05) is 11.9 Å². The van der Waals surface area contributed by atoms with E-state index in [-0.39, 0.29) is 0 Å². The molecule has 3 aromatic rings. The maximum atomic E-state index is 5.52. The summed E-state index contributed by atoms with van der Waals surface area (Å²) < 4.78 is 8.48. The largest absolute Gasteiger partial charge is 0.494 e. The summed E-state index contributed by atoms with van der Waals surface area (Å²) in [7, 11) is 1.93. The van der Waals surface area contributed by atoms with E-state index in [1.54, 1.807) is 11.3 Å². The van der Waals surface area contributed by atoms with E-state index >= 15 is 0 Å². The van der Waals surface area contributed by atoms with E-state index in [0.717, 1.165) is 33.3 Å². The fourth-order valence-corrected chi connectivity index (χ4v) is 3.12. The summed E-state index contributed by atoms with van der Waals surface area (Å²) in [6.45, 7) is 5.41. The standard InChI is InChI=1S/C15H18N4OS/c1-4-20-12-5-6-13-14(7-12)21-15(17-13)16-8-11-9-19(3)18-10(11)2/h5-7,9H,4,8H2,1-3H3,(H,16,17). The third-order valence-corrected chi connectivity index (χ3v) is 4.19. The Morgan fingerprint density at radius 2 is 2.24 bits per heavy atom. The molecule has 0 atom stereocenters. The van der Waals surface area contributed by atoms with Crippen LogP contribution in [0.15, 0.2) is 24.4 Å². The molecule has 6 heteroatoms. The van der Waals surface area contributed by atoms with Crippen LogP contribution >= 0.6 is 11.3 Å². The maximum absolute atomic E-state index is 5.52. The first-order chi connectivity index (χ1) is 10.2. The van der Waals surface area contributed by atoms with Crippen molar-refractivity contribution < 1.29 is 4.74 Å². The quantitative estimate of drug-likeness (QED) is 0.785. The van der Waals surface area contributed by atoms with Crippen LogP contribution in [-0.2, 0) is 13.6 Å². The normalized spacial score (nSPS) is 11.0. The second-order valence-corrected chi connectivity index (χ2v) is 5.88. The van der Waals surface area contributed by atoms with Crippen LogP contribution in [0.1, 0.15) is 18.2 Å². The van der Waals surface area contributed by atoms with Gasteiger partial charge in [-0.25, -0.2) is 4.98 Å². The second-order valence-electron chi connectivity index (χ2n) is 4.85. The van der Waals surface area contributed by atoms with Crippen molar-refractivity contribution in [1.82, 2.24) is 14.8 Å². The van der Waals surface area contributed by atoms with E-state index in [9.17, 15) is 0 Å². The first kappa shape index (κ1) is 13.9. The highest BCUT2D eigenvalue weighted by Crippen LogP contribution is 2.29. The lowest BCUT2D eigenvalue weighted by Gasteiger charge is -2.00. The fraction of sp³-hybridized carbons (Fsp3) is 0.333. The number of hydrogen-bond acceptors (Lipinski definition) is 5. The molecule has 0 unspecified atom stereocenters. The molecule has 1 aromatic carbocycles. The molecular weight excluding hydrogens is 284 g/mol. The number of rotatable bonds is 5. The number of nitrogens with one attached hydrogen (secondary N) is 1. The summed E-state index contributed by atoms with van der Waals surface area (Å²) in [5.74, 6) is 0.892. The number of aryl methyl sites for hydroxylation is 2. The van der Waals surface area contributed by atoms with E-state index < -0.39 is 0 Å². The third kappa shape index (κ3) is 3.00. The molecule has 21 heavy (non-hydrogen) atoms. The number of aromatic nitrogens is 3. The lowest BCUT2D eigenvalue weighted by Crippen LogP contribution is -1.99. The number of fused-ring (bicyclic) bond motifs is 1. The number of ether oxygens (including phenoxy) is 1. The molecule has 0 aliphatic carbocycles. The van der Waals surface area contributed by atoms with Crippen LogP contribution in [0.2, 0.25) is 0 Å². The van der Waals surface area contributed by atoms with Crippen molar-refractivity contribution in [3.63, 3.8) is 0 Å². The SMILES string of the molecule is CCOc1ccc2nc(NCc3cn(C)nc3C)sc2c1. The van der Waals surface area contributed by atoms with Gasteiger partial charge in [0.15, 0.2) is 5.13 Å². The predicted molar refractivity (Wildman–Crippen MR) is 86.1 cm³/mol. The second kappa shape index (κ2) is 5.73. The average molecular weight is 302 g/mol. The van der Waals surface area contributed by atoms with Crippen LogP contribution in [0.4, 0.5) is 5.13 Å². The molecule has 0 saturated carbocycles. The van der Waals surface area contributed by atoms with E-state index in [0.29, 0.717) is 6.61 Å². The minimum absolute atomic E-state index is 0.676. The first-order valence-corrected chi connectivity index (χ1v) is 7.73. The summed E-state index contributed by atoms with van der Waals surface area (Å²) in [5.41, 5.74) is 3.23. The molecule has 0 saturated heterocycles. The van der Waals surface area contributed by atoms with Gasteiger partial charge < -0.3 is 10.1 Å². The third-order valence-electron chi connectivity index (χ3n) is 3.22. The highest BCUT2D eigenvalue weighted by molar-refractivity contribution is 7.22. The van der Waals surface area contributed by atoms with Gasteiger partial charge in [-0.3, -0.25) is 4.68 Å². The molecule has 0 amide bonds. The summed E-state index contributed by atoms with van der Waals surface area (Å²) >= 11 is 1.64. The van der Waals surface area contributed by atoms with Crippen molar-refractivity contribution in [2.24, 2.45) is 7.05 Å². The number of nitrogens with zero attached hydrogens (tertiary/aromatic N) is 3. The van der Waals surface area contributed by atoms with Crippen molar-refractivity contribution in [2.45, 2.75) is 20.4 Å². The van der Waals surface area contributed by atoms with Gasteiger partial charge in [-0.15, -0.1) is 0 Å². The van der Waals surface area contributed by atoms with Gasteiger partial charge in [0.05, 0.1) is 22.5 Å². The Kier molecular flexibility index (Phi) is 3.79. The minimum Gasteiger partial charge on any atom is -0.494 e. The Morgan fingerprint density at radius 1 is 1.38 bits per heavy atom. The Hall–Kier alpha value is -2.08. The Bertz CT molecular complexity index is 762. The zero-order valence-corrected chi connectivity index (χ0v) is 13.2. The molecule has 5 nitrogen and oxygen atoms in total. The molecule has 0 aliphatic rings. The van der Waals surface area contributed by atoms with Gasteiger partial charge in [0.2, 0.25) is 0 Å². The van der Waals surface area contributed by atoms with Gasteiger partial charge in [-0.05, 0) is 32.0 Å². The van der Waals surface area contributed by atoms with Gasteiger partial charge >= 0.3 is 0 Å². The van der Waals surface area contributed by atoms with Gasteiger partial charge in [0.1, 0.15) is 5.75 Å². The van der Waals surface area contributed by atoms with E-state index in [2.05, 4.69) is 15.4 Å². The average Bonchev–Trinajstić information content (AvgIpc) is 2.99. The number of thiazole rings is 1. The van der Waals surface area contributed by atoms with Crippen LogP contribution in [0.5, 0.6) is 5.75 Å². The van der Waals surface area contributed by atoms with Crippen LogP contribution in [0.25, 0.3) is 10.2 Å². The summed E-state index contributed by atoms with van der Waals surface area (Å²) in [6.07, 6.45) is 2.03. The van der Waals surface area contributed by atoms with Crippen LogP contribution < -0.4 is 10.1 Å². The molecular formula is C15H18N4OS. The van der Waals surface area contributed by atoms with Crippen LogP contribution in [0, 0.1) is 6.92 Å². The molecule has 0 spiro atoms. The summed E-state index contributed by atoms with van der Waals surface area (Å²) in [4.78, 5) is 4.59. The summed E-state index contributed by atoms with van der Waals surface area (Å²) in [5, 5.41) is 8.63. The molecule has 2 heterocycles. The molecule has 110 valence electrons. The monoisotopic (exact) mass is 302 g/mol. The maximum Gasteiger partial charge on any atom is 0.184 e. The number of hydrogen-bond donors (Lipinski definition) is 1. The first-order valence-electron chi connectivity index (χ1n) is 6.92. The van der Waals surface area contributed by atoms with E-state index in [1.165, 1.54) is 5.56 Å². The molecule has 3 rings (SSSR count). The molecule has 1 N–H and O–H groups in total. The van der Waals surface area contributed by atoms with Gasteiger partial charge in [-0.1, -0.05) is 11.3 Å². The van der Waals surface area contributed by atoms with Crippen molar-refractivity contribution in [3.05, 3.63) is 35.7 Å². The lowest BCUT2D eigenvalue weighted by molar-refractivity contribution is 0.341. The molecule has 0 bridgehead atoms. The van der Waals surface area contributed by atoms with E-state index in [4.69, 9.17) is 4.74 Å². The van der Waals surface area contributed by atoms with Gasteiger partial charge in [-0.2, -0.15) is 5.10 Å². The van der Waals surface area contributed by atoms with Gasteiger partial charge in [0, 0.05) is 25.4 Å². The number of benzene rings is 1. The highest BCUT2D eigenvalue weighted by Gasteiger charge is 2.07. The molecule has 0 fully saturated rings. The topological polar surface area (TPSA) is 52.0 Å². The van der Waals surface area contributed by atoms with Crippen LogP contribution in [0.3, 0.4) is 0 Å². The molecule has 0 aliphatic heterocycles. The van der Waals surface area contributed by atoms with Crippen LogP contribution in [-0.4, -0.2) is 21.4 Å². The van der Waals surface area contributed by atoms with E-state index in [1.807, 2.05) is 50.0 Å². The van der Waals surface area contributed by atoms with Crippen molar-refractivity contribution in [1.29, 1.82) is 0 Å². The van der Waals surface area contributed by atoms with Gasteiger partial charge in [0.25, 0.3) is 0 Å². The number of anilines is 1. The zero-order valence-electron chi connectivity index (χ0n) is 12.4. The zero-order chi connectivity index (χ0) is 14.8. The minimum atomic E-state index is 0.676. The Balaban J connectivity index is 1.76. The molecule has 2 aromatic heterocycles.